The molecule has 0 saturated carbocycles. The molecule has 1 aliphatic heterocycles. The van der Waals surface area contributed by atoms with Gasteiger partial charge in [0, 0.05) is 13.1 Å². The zero-order valence-corrected chi connectivity index (χ0v) is 17.0. The van der Waals surface area contributed by atoms with Crippen LogP contribution in [0, 0.1) is 0 Å². The van der Waals surface area contributed by atoms with Crippen molar-refractivity contribution in [1.29, 1.82) is 0 Å². The SMILES string of the molecule is COC(=O)c1ccc2c(=O)n(Cc3cccc(OC)c3)c(N3CCOCC3)nc2c1. The first-order valence-corrected chi connectivity index (χ1v) is 9.69. The lowest BCUT2D eigenvalue weighted by Crippen LogP contribution is -2.41. The van der Waals surface area contributed by atoms with E-state index in [0.717, 1.165) is 11.3 Å². The zero-order valence-electron chi connectivity index (χ0n) is 17.0. The van der Waals surface area contributed by atoms with Gasteiger partial charge < -0.3 is 19.1 Å². The van der Waals surface area contributed by atoms with Crippen molar-refractivity contribution in [3.63, 3.8) is 0 Å². The molecule has 1 aromatic heterocycles. The molecule has 0 bridgehead atoms. The summed E-state index contributed by atoms with van der Waals surface area (Å²) in [4.78, 5) is 32.2. The molecule has 2 heterocycles. The maximum absolute atomic E-state index is 13.4. The van der Waals surface area contributed by atoms with Gasteiger partial charge in [-0.15, -0.1) is 0 Å². The molecule has 0 aliphatic carbocycles. The minimum absolute atomic E-state index is 0.166. The Morgan fingerprint density at radius 1 is 1.13 bits per heavy atom. The summed E-state index contributed by atoms with van der Waals surface area (Å²) in [6.07, 6.45) is 0. The zero-order chi connectivity index (χ0) is 21.1. The highest BCUT2D eigenvalue weighted by atomic mass is 16.5. The molecule has 8 nitrogen and oxygen atoms in total. The van der Waals surface area contributed by atoms with E-state index in [1.807, 2.05) is 29.2 Å². The van der Waals surface area contributed by atoms with Gasteiger partial charge in [0.15, 0.2) is 0 Å². The van der Waals surface area contributed by atoms with Gasteiger partial charge in [-0.25, -0.2) is 9.78 Å². The van der Waals surface area contributed by atoms with E-state index in [9.17, 15) is 9.59 Å². The van der Waals surface area contributed by atoms with Crippen LogP contribution < -0.4 is 15.2 Å². The average molecular weight is 409 g/mol. The third-order valence-electron chi connectivity index (χ3n) is 5.13. The topological polar surface area (TPSA) is 82.9 Å². The number of rotatable bonds is 5. The highest BCUT2D eigenvalue weighted by molar-refractivity contribution is 5.94. The monoisotopic (exact) mass is 409 g/mol. The van der Waals surface area contributed by atoms with E-state index in [1.165, 1.54) is 7.11 Å². The normalized spacial score (nSPS) is 14.0. The van der Waals surface area contributed by atoms with Crippen LogP contribution in [-0.2, 0) is 16.0 Å². The number of morpholine rings is 1. The molecule has 30 heavy (non-hydrogen) atoms. The molecule has 4 rings (SSSR count). The Balaban J connectivity index is 1.86. The molecule has 156 valence electrons. The van der Waals surface area contributed by atoms with Crippen molar-refractivity contribution in [1.82, 2.24) is 9.55 Å². The molecule has 3 aromatic rings. The second-order valence-electron chi connectivity index (χ2n) is 6.98. The molecule has 0 unspecified atom stereocenters. The predicted octanol–water partition coefficient (Wildman–Crippen LogP) is 2.08. The van der Waals surface area contributed by atoms with E-state index < -0.39 is 5.97 Å². The number of aromatic nitrogens is 2. The van der Waals surface area contributed by atoms with E-state index in [-0.39, 0.29) is 5.56 Å². The number of anilines is 1. The Hall–Kier alpha value is -3.39. The summed E-state index contributed by atoms with van der Waals surface area (Å²) in [5.74, 6) is 0.817. The molecule has 0 spiro atoms. The van der Waals surface area contributed by atoms with Crippen LogP contribution in [-0.4, -0.2) is 56.0 Å². The fourth-order valence-corrected chi connectivity index (χ4v) is 3.55. The van der Waals surface area contributed by atoms with E-state index in [0.29, 0.717) is 55.3 Å². The lowest BCUT2D eigenvalue weighted by molar-refractivity contribution is 0.0601. The molecule has 0 atom stereocenters. The molecule has 8 heteroatoms. The third kappa shape index (κ3) is 3.86. The van der Waals surface area contributed by atoms with Crippen LogP contribution in [0.4, 0.5) is 5.95 Å². The van der Waals surface area contributed by atoms with Crippen LogP contribution in [0.2, 0.25) is 0 Å². The molecular formula is C22H23N3O5. The largest absolute Gasteiger partial charge is 0.497 e. The summed E-state index contributed by atoms with van der Waals surface area (Å²) in [5.41, 5.74) is 1.58. The van der Waals surface area contributed by atoms with E-state index in [1.54, 1.807) is 29.9 Å². The van der Waals surface area contributed by atoms with Gasteiger partial charge in [-0.1, -0.05) is 12.1 Å². The number of fused-ring (bicyclic) bond motifs is 1. The molecule has 1 aliphatic rings. The number of benzene rings is 2. The average Bonchev–Trinajstić information content (AvgIpc) is 2.80. The number of ether oxygens (including phenoxy) is 3. The van der Waals surface area contributed by atoms with Gasteiger partial charge in [0.1, 0.15) is 5.75 Å². The second kappa shape index (κ2) is 8.54. The van der Waals surface area contributed by atoms with Crippen molar-refractivity contribution >= 4 is 22.8 Å². The van der Waals surface area contributed by atoms with Gasteiger partial charge in [0.25, 0.3) is 5.56 Å². The van der Waals surface area contributed by atoms with Gasteiger partial charge in [0.05, 0.1) is 50.4 Å². The van der Waals surface area contributed by atoms with E-state index in [2.05, 4.69) is 0 Å². The Kier molecular flexibility index (Phi) is 5.67. The summed E-state index contributed by atoms with van der Waals surface area (Å²) in [6.45, 7) is 2.74. The number of carbonyl (C=O) groups is 1. The van der Waals surface area contributed by atoms with Crippen LogP contribution in [0.5, 0.6) is 5.75 Å². The summed E-state index contributed by atoms with van der Waals surface area (Å²) in [7, 11) is 2.94. The Bertz CT molecular complexity index is 1140. The van der Waals surface area contributed by atoms with Crippen molar-refractivity contribution in [2.45, 2.75) is 6.54 Å². The maximum Gasteiger partial charge on any atom is 0.337 e. The molecule has 0 N–H and O–H groups in total. The lowest BCUT2D eigenvalue weighted by Gasteiger charge is -2.30. The predicted molar refractivity (Wildman–Crippen MR) is 112 cm³/mol. The minimum Gasteiger partial charge on any atom is -0.497 e. The van der Waals surface area contributed by atoms with Crippen LogP contribution in [0.15, 0.2) is 47.3 Å². The first-order chi connectivity index (χ1) is 14.6. The smallest absolute Gasteiger partial charge is 0.337 e. The van der Waals surface area contributed by atoms with Crippen LogP contribution in [0.3, 0.4) is 0 Å². The minimum atomic E-state index is -0.466. The highest BCUT2D eigenvalue weighted by Gasteiger charge is 2.20. The highest BCUT2D eigenvalue weighted by Crippen LogP contribution is 2.21. The Labute approximate surface area is 173 Å². The van der Waals surface area contributed by atoms with E-state index in [4.69, 9.17) is 19.2 Å². The maximum atomic E-state index is 13.4. The summed E-state index contributed by atoms with van der Waals surface area (Å²) in [5, 5.41) is 0.447. The number of carbonyl (C=O) groups excluding carboxylic acids is 1. The van der Waals surface area contributed by atoms with Crippen molar-refractivity contribution in [3.05, 3.63) is 63.9 Å². The van der Waals surface area contributed by atoms with Crippen molar-refractivity contribution in [3.8, 4) is 5.75 Å². The molecule has 1 saturated heterocycles. The third-order valence-corrected chi connectivity index (χ3v) is 5.13. The number of esters is 1. The fraction of sp³-hybridized carbons (Fsp3) is 0.318. The first-order valence-electron chi connectivity index (χ1n) is 9.69. The molecular weight excluding hydrogens is 386 g/mol. The van der Waals surface area contributed by atoms with Crippen molar-refractivity contribution in [2.75, 3.05) is 45.4 Å². The molecule has 0 amide bonds. The Morgan fingerprint density at radius 3 is 2.67 bits per heavy atom. The summed E-state index contributed by atoms with van der Waals surface area (Å²) in [6, 6.07) is 12.4. The van der Waals surface area contributed by atoms with Crippen molar-refractivity contribution < 1.29 is 19.0 Å². The van der Waals surface area contributed by atoms with Gasteiger partial charge in [-0.3, -0.25) is 9.36 Å². The summed E-state index contributed by atoms with van der Waals surface area (Å²) >= 11 is 0. The fourth-order valence-electron chi connectivity index (χ4n) is 3.55. The number of hydrogen-bond acceptors (Lipinski definition) is 7. The van der Waals surface area contributed by atoms with Crippen LogP contribution >= 0.6 is 0 Å². The number of nitrogens with zero attached hydrogens (tertiary/aromatic N) is 3. The molecule has 0 radical (unpaired) electrons. The lowest BCUT2D eigenvalue weighted by atomic mass is 10.1. The second-order valence-corrected chi connectivity index (χ2v) is 6.98. The molecule has 1 fully saturated rings. The quantitative estimate of drug-likeness (QED) is 0.597. The number of hydrogen-bond donors (Lipinski definition) is 0. The number of methoxy groups -OCH3 is 2. The summed E-state index contributed by atoms with van der Waals surface area (Å²) < 4.78 is 17.2. The molecule has 2 aromatic carbocycles. The van der Waals surface area contributed by atoms with Crippen LogP contribution in [0.1, 0.15) is 15.9 Å². The van der Waals surface area contributed by atoms with Gasteiger partial charge in [-0.05, 0) is 35.9 Å². The first kappa shape index (κ1) is 19.9. The standard InChI is InChI=1S/C22H23N3O5/c1-28-17-5-3-4-15(12-17)14-25-20(26)18-7-6-16(21(27)29-2)13-19(18)23-22(25)24-8-10-30-11-9-24/h3-7,12-13H,8-11,14H2,1-2H3. The van der Waals surface area contributed by atoms with Gasteiger partial charge in [0.2, 0.25) is 5.95 Å². The van der Waals surface area contributed by atoms with Crippen molar-refractivity contribution in [2.24, 2.45) is 0 Å². The van der Waals surface area contributed by atoms with Gasteiger partial charge >= 0.3 is 5.97 Å². The van der Waals surface area contributed by atoms with E-state index >= 15 is 0 Å². The Morgan fingerprint density at radius 2 is 1.93 bits per heavy atom. The van der Waals surface area contributed by atoms with Crippen LogP contribution in [0.25, 0.3) is 10.9 Å². The van der Waals surface area contributed by atoms with Gasteiger partial charge in [-0.2, -0.15) is 0 Å².